The van der Waals surface area contributed by atoms with Crippen LogP contribution in [-0.2, 0) is 63.8 Å². The van der Waals surface area contributed by atoms with Crippen LogP contribution in [0.15, 0.2) is 115 Å². The number of nitrogens with zero attached hydrogens (tertiary/aromatic N) is 10. The molecule has 0 radical (unpaired) electrons. The first kappa shape index (κ1) is 73.7. The zero-order valence-corrected chi connectivity index (χ0v) is 57.0. The first-order valence-electron chi connectivity index (χ1n) is 30.9. The van der Waals surface area contributed by atoms with Crippen LogP contribution in [0.4, 0.5) is 0 Å². The number of rotatable bonds is 16. The summed E-state index contributed by atoms with van der Waals surface area (Å²) in [7, 11) is 3.99. The van der Waals surface area contributed by atoms with Crippen LogP contribution in [0, 0.1) is 67.1 Å². The van der Waals surface area contributed by atoms with Gasteiger partial charge in [-0.05, 0) is 178 Å². The Balaban J connectivity index is 0.000000324. The number of imidazole rings is 1. The Hall–Kier alpha value is -5.37. The fourth-order valence-electron chi connectivity index (χ4n) is 9.02. The summed E-state index contributed by atoms with van der Waals surface area (Å²) >= 11 is 3.43. The van der Waals surface area contributed by atoms with Crippen LogP contribution in [0.25, 0.3) is 4.96 Å². The van der Waals surface area contributed by atoms with E-state index in [9.17, 15) is 0 Å². The summed E-state index contributed by atoms with van der Waals surface area (Å²) in [4.78, 5) is 22.0. The molecule has 460 valence electrons. The van der Waals surface area contributed by atoms with Crippen molar-refractivity contribution in [3.8, 4) is 0 Å². The van der Waals surface area contributed by atoms with Crippen molar-refractivity contribution in [2.45, 2.75) is 189 Å². The highest BCUT2D eigenvalue weighted by molar-refractivity contribution is 7.15. The van der Waals surface area contributed by atoms with Gasteiger partial charge in [-0.25, -0.2) is 9.97 Å². The number of hydrogen-bond acceptors (Lipinski definition) is 10. The average molecular weight is 1170 g/mol. The molecule has 1 aliphatic rings. The van der Waals surface area contributed by atoms with E-state index in [1.165, 1.54) is 63.7 Å². The second-order valence-corrected chi connectivity index (χ2v) is 27.3. The topological polar surface area (TPSA) is 114 Å². The molecule has 13 heteroatoms. The number of aromatic nitrogens is 10. The molecule has 0 unspecified atom stereocenters. The van der Waals surface area contributed by atoms with Crippen LogP contribution in [0.1, 0.15) is 180 Å². The Morgan fingerprint density at radius 1 is 0.542 bits per heavy atom. The first-order valence-corrected chi connectivity index (χ1v) is 32.7. The number of aryl methyl sites for hydroxylation is 3. The molecule has 9 heterocycles. The fourth-order valence-corrected chi connectivity index (χ4v) is 10.6. The molecule has 9 rings (SSSR count). The van der Waals surface area contributed by atoms with Crippen LogP contribution in [0.3, 0.4) is 0 Å². The molecule has 0 atom stereocenters. The third-order valence-electron chi connectivity index (χ3n) is 12.8. The van der Waals surface area contributed by atoms with E-state index >= 15 is 0 Å². The van der Waals surface area contributed by atoms with Gasteiger partial charge in [0.1, 0.15) is 0 Å². The summed E-state index contributed by atoms with van der Waals surface area (Å²) in [5.41, 5.74) is 10.2. The minimum atomic E-state index is 0.689. The monoisotopic (exact) mass is 1170 g/mol. The molecule has 0 spiro atoms. The van der Waals surface area contributed by atoms with Crippen molar-refractivity contribution in [1.82, 2.24) is 48.9 Å². The van der Waals surface area contributed by atoms with E-state index in [0.29, 0.717) is 17.8 Å². The van der Waals surface area contributed by atoms with Crippen molar-refractivity contribution >= 4 is 27.6 Å². The minimum absolute atomic E-state index is 0.689. The molecule has 8 aromatic rings. The Morgan fingerprint density at radius 2 is 1.16 bits per heavy atom. The van der Waals surface area contributed by atoms with E-state index in [4.69, 9.17) is 4.74 Å². The van der Waals surface area contributed by atoms with E-state index in [1.54, 1.807) is 22.7 Å². The molecule has 0 saturated carbocycles. The molecule has 0 aliphatic carbocycles. The quantitative estimate of drug-likeness (QED) is 0.0940. The zero-order valence-electron chi connectivity index (χ0n) is 55.3. The molecule has 0 amide bonds. The van der Waals surface area contributed by atoms with Gasteiger partial charge in [0.2, 0.25) is 0 Å². The molecule has 1 fully saturated rings. The Morgan fingerprint density at radius 3 is 1.64 bits per heavy atom. The van der Waals surface area contributed by atoms with E-state index < -0.39 is 0 Å². The van der Waals surface area contributed by atoms with Gasteiger partial charge < -0.3 is 4.74 Å². The number of thiazole rings is 2. The third-order valence-corrected chi connectivity index (χ3v) is 14.3. The molecular formula is C70H112N10OS2. The Kier molecular flexibility index (Phi) is 37.7. The van der Waals surface area contributed by atoms with E-state index in [0.717, 1.165) is 104 Å². The molecule has 0 bridgehead atoms. The minimum Gasteiger partial charge on any atom is -0.381 e. The predicted molar refractivity (Wildman–Crippen MR) is 357 cm³/mol. The zero-order chi connectivity index (χ0) is 61.7. The van der Waals surface area contributed by atoms with Crippen LogP contribution >= 0.6 is 22.7 Å². The van der Waals surface area contributed by atoms with Crippen LogP contribution < -0.4 is 0 Å². The second kappa shape index (κ2) is 42.4. The van der Waals surface area contributed by atoms with Gasteiger partial charge in [-0.2, -0.15) is 10.2 Å². The van der Waals surface area contributed by atoms with Gasteiger partial charge in [-0.1, -0.05) is 123 Å². The van der Waals surface area contributed by atoms with E-state index in [1.807, 2.05) is 97.3 Å². The van der Waals surface area contributed by atoms with Crippen molar-refractivity contribution < 1.29 is 4.74 Å². The average Bonchev–Trinajstić information content (AvgIpc) is 4.40. The van der Waals surface area contributed by atoms with Gasteiger partial charge in [0.05, 0.1) is 22.6 Å². The van der Waals surface area contributed by atoms with Crippen molar-refractivity contribution in [1.29, 1.82) is 0 Å². The first-order chi connectivity index (χ1) is 39.4. The molecule has 1 saturated heterocycles. The normalized spacial score (nSPS) is 12.1. The van der Waals surface area contributed by atoms with Crippen molar-refractivity contribution in [3.63, 3.8) is 0 Å². The Labute approximate surface area is 513 Å². The van der Waals surface area contributed by atoms with Gasteiger partial charge in [0.25, 0.3) is 0 Å². The highest BCUT2D eigenvalue weighted by Crippen LogP contribution is 2.22. The van der Waals surface area contributed by atoms with Crippen molar-refractivity contribution in [2.24, 2.45) is 67.4 Å². The lowest BCUT2D eigenvalue weighted by molar-refractivity contribution is 0.0602. The molecule has 0 aromatic carbocycles. The van der Waals surface area contributed by atoms with Gasteiger partial charge in [0.15, 0.2) is 4.96 Å². The maximum atomic E-state index is 5.28. The molecule has 11 nitrogen and oxygen atoms in total. The number of fused-ring (bicyclic) bond motifs is 1. The summed E-state index contributed by atoms with van der Waals surface area (Å²) in [6.07, 6.45) is 29.1. The van der Waals surface area contributed by atoms with Gasteiger partial charge in [-0.3, -0.25) is 28.7 Å². The Bertz CT molecular complexity index is 2600. The second-order valence-electron chi connectivity index (χ2n) is 25.4. The van der Waals surface area contributed by atoms with E-state index in [-0.39, 0.29) is 0 Å². The smallest absolute Gasteiger partial charge is 0.193 e. The summed E-state index contributed by atoms with van der Waals surface area (Å²) in [5.74, 6) is 6.84. The van der Waals surface area contributed by atoms with Crippen LogP contribution in [0.2, 0.25) is 0 Å². The largest absolute Gasteiger partial charge is 0.381 e. The van der Waals surface area contributed by atoms with Crippen molar-refractivity contribution in [2.75, 3.05) is 13.2 Å². The molecule has 0 N–H and O–H groups in total. The summed E-state index contributed by atoms with van der Waals surface area (Å²) in [6.45, 7) is 41.8. The van der Waals surface area contributed by atoms with E-state index in [2.05, 4.69) is 205 Å². The lowest BCUT2D eigenvalue weighted by Crippen LogP contribution is -2.16. The lowest BCUT2D eigenvalue weighted by Gasteiger charge is -2.23. The summed E-state index contributed by atoms with van der Waals surface area (Å²) in [5, 5.41) is 13.8. The molecule has 1 aliphatic heterocycles. The highest BCUT2D eigenvalue weighted by Gasteiger charge is 2.14. The summed E-state index contributed by atoms with van der Waals surface area (Å²) < 4.78 is 11.3. The SMILES string of the molecule is CC(C)CC1CCOCC1.CC(C)Cc1ccccn1.CC(C)Cc1cccnc1.CC(C)Cc1ccncc1.CC(C)Cc1cn2ccsc2n1.CC(C)Cc1nccs1.Cc1c(CC(C)C)cnn1C.Cc1cc(CC(C)C)n(C)n1. The van der Waals surface area contributed by atoms with Crippen molar-refractivity contribution in [3.05, 3.63) is 165 Å². The lowest BCUT2D eigenvalue weighted by atomic mass is 9.91. The number of hydrogen-bond donors (Lipinski definition) is 0. The van der Waals surface area contributed by atoms with Gasteiger partial charge in [-0.15, -0.1) is 22.7 Å². The predicted octanol–water partition coefficient (Wildman–Crippen LogP) is 18.1. The van der Waals surface area contributed by atoms with Crippen LogP contribution in [-0.4, -0.2) is 62.1 Å². The maximum absolute atomic E-state index is 5.28. The molecule has 83 heavy (non-hydrogen) atoms. The number of pyridine rings is 3. The third kappa shape index (κ3) is 36.2. The highest BCUT2D eigenvalue weighted by atomic mass is 32.1. The standard InChI is InChI=1S/C9H12N2S.2C9H16N2.3C9H13N.C9H18O.C7H11NS/c1-7(2)5-8-6-11-3-4-12-9(11)10-8;1-7(2)5-9-6-10-11(4)8(9)3;1-7(2)5-9-6-8(3)10-11(9)4;1-8(2)7-9-3-5-10-6-4-9;1-8(2)6-9-4-3-5-10-7-9;1-8(2)7-9-5-3-4-6-10-9;1-8(2)7-9-3-5-10-6-4-9;1-6(2)5-7-8-3-4-9-7/h3-4,6-7H,5H2,1-2H3;2*6-7H,5H2,1-4H3;3-6,8H,7H2,1-2H3;3-5,7-8H,6H2,1-2H3;3-6,8H,7H2,1-2H3;8-9H,3-7H2,1-2H3;3-4,6H,5H2,1-2H3. The van der Waals surface area contributed by atoms with Crippen LogP contribution in [0.5, 0.6) is 0 Å². The fraction of sp³-hybridized carbons (Fsp3) is 0.586. The summed E-state index contributed by atoms with van der Waals surface area (Å²) in [6, 6.07) is 16.4. The van der Waals surface area contributed by atoms with Gasteiger partial charge >= 0.3 is 0 Å². The molecular weight excluding hydrogens is 1060 g/mol. The maximum Gasteiger partial charge on any atom is 0.193 e. The number of ether oxygens (including phenoxy) is 1. The molecule has 8 aromatic heterocycles. The van der Waals surface area contributed by atoms with Gasteiger partial charge in [0, 0.05) is 111 Å².